The first-order valence-corrected chi connectivity index (χ1v) is 17.0. The quantitative estimate of drug-likeness (QED) is 0.0997. The number of nitrogens with one attached hydrogen (secondary N) is 1. The van der Waals surface area contributed by atoms with Crippen LogP contribution in [0, 0.1) is 0 Å². The van der Waals surface area contributed by atoms with Crippen molar-refractivity contribution in [2.75, 3.05) is 12.0 Å². The molecule has 9 nitrogen and oxygen atoms in total. The van der Waals surface area contributed by atoms with Gasteiger partial charge >= 0.3 is 6.03 Å². The SMILES string of the molecule is COc1cc(COc2c(Br)cc(/C=C3/C(=O)NC(=O)N(c4ccc(OCc5ccccc5)cc4)C3=O)cc2Br)ccc1OCc1ccccc1. The monoisotopic (exact) mass is 796 g/mol. The maximum absolute atomic E-state index is 13.5. The number of carbonyl (C=O) groups excluding carboxylic acids is 3. The lowest BCUT2D eigenvalue weighted by molar-refractivity contribution is -0.122. The van der Waals surface area contributed by atoms with Gasteiger partial charge in [0, 0.05) is 0 Å². The molecule has 0 aliphatic carbocycles. The Balaban J connectivity index is 1.13. The molecule has 0 saturated carbocycles. The first kappa shape index (κ1) is 34.5. The second-order valence-electron chi connectivity index (χ2n) is 11.1. The lowest BCUT2D eigenvalue weighted by Gasteiger charge is -2.26. The van der Waals surface area contributed by atoms with Crippen LogP contribution in [0.3, 0.4) is 0 Å². The summed E-state index contributed by atoms with van der Waals surface area (Å²) in [5.41, 5.74) is 3.51. The predicted octanol–water partition coefficient (Wildman–Crippen LogP) is 8.62. The Hall–Kier alpha value is -5.39. The van der Waals surface area contributed by atoms with Gasteiger partial charge in [0.05, 0.1) is 21.7 Å². The highest BCUT2D eigenvalue weighted by Gasteiger charge is 2.37. The topological polar surface area (TPSA) is 103 Å². The number of nitrogens with zero attached hydrogens (tertiary/aromatic N) is 1. The molecule has 1 saturated heterocycles. The third kappa shape index (κ3) is 8.24. The Morgan fingerprint density at radius 3 is 1.88 bits per heavy atom. The Labute approximate surface area is 305 Å². The summed E-state index contributed by atoms with van der Waals surface area (Å²) in [5.74, 6) is 0.728. The van der Waals surface area contributed by atoms with E-state index in [1.807, 2.05) is 78.9 Å². The van der Waals surface area contributed by atoms with Gasteiger partial charge < -0.3 is 18.9 Å². The first-order chi connectivity index (χ1) is 24.3. The van der Waals surface area contributed by atoms with Crippen LogP contribution in [0.2, 0.25) is 0 Å². The number of imide groups is 2. The molecule has 50 heavy (non-hydrogen) atoms. The Morgan fingerprint density at radius 1 is 0.660 bits per heavy atom. The molecule has 0 unspecified atom stereocenters. The number of benzene rings is 5. The molecule has 1 N–H and O–H groups in total. The number of anilines is 1. The van der Waals surface area contributed by atoms with E-state index in [0.717, 1.165) is 21.6 Å². The highest BCUT2D eigenvalue weighted by atomic mass is 79.9. The molecular formula is C39H30Br2N2O7. The molecule has 1 aliphatic rings. The Kier molecular flexibility index (Phi) is 10.9. The van der Waals surface area contributed by atoms with Crippen LogP contribution >= 0.6 is 31.9 Å². The van der Waals surface area contributed by atoms with E-state index in [1.54, 1.807) is 43.5 Å². The highest BCUT2D eigenvalue weighted by molar-refractivity contribution is 9.11. The van der Waals surface area contributed by atoms with Crippen molar-refractivity contribution in [1.82, 2.24) is 5.32 Å². The van der Waals surface area contributed by atoms with Gasteiger partial charge in [-0.15, -0.1) is 0 Å². The molecule has 252 valence electrons. The first-order valence-electron chi connectivity index (χ1n) is 15.4. The number of amides is 4. The Morgan fingerprint density at radius 2 is 1.26 bits per heavy atom. The van der Waals surface area contributed by atoms with E-state index in [2.05, 4.69) is 37.2 Å². The van der Waals surface area contributed by atoms with Gasteiger partial charge in [-0.1, -0.05) is 66.7 Å². The molecule has 0 bridgehead atoms. The average molecular weight is 798 g/mol. The number of urea groups is 1. The van der Waals surface area contributed by atoms with Crippen LogP contribution in [-0.2, 0) is 29.4 Å². The Bertz CT molecular complexity index is 2030. The summed E-state index contributed by atoms with van der Waals surface area (Å²) in [7, 11) is 1.58. The van der Waals surface area contributed by atoms with E-state index in [1.165, 1.54) is 6.08 Å². The van der Waals surface area contributed by atoms with Gasteiger partial charge in [-0.05, 0) is 109 Å². The number of barbiturate groups is 1. The van der Waals surface area contributed by atoms with E-state index in [0.29, 0.717) is 50.7 Å². The van der Waals surface area contributed by atoms with Crippen LogP contribution in [0.15, 0.2) is 130 Å². The minimum absolute atomic E-state index is 0.205. The van der Waals surface area contributed by atoms with E-state index in [-0.39, 0.29) is 17.9 Å². The van der Waals surface area contributed by atoms with Crippen LogP contribution in [0.5, 0.6) is 23.0 Å². The third-order valence-electron chi connectivity index (χ3n) is 7.62. The van der Waals surface area contributed by atoms with Gasteiger partial charge in [0.15, 0.2) is 11.5 Å². The zero-order valence-electron chi connectivity index (χ0n) is 26.7. The van der Waals surface area contributed by atoms with E-state index >= 15 is 0 Å². The fraction of sp³-hybridized carbons (Fsp3) is 0.103. The number of carbonyl (C=O) groups is 3. The lowest BCUT2D eigenvalue weighted by atomic mass is 10.1. The van der Waals surface area contributed by atoms with Gasteiger partial charge in [0.1, 0.15) is 36.9 Å². The zero-order chi connectivity index (χ0) is 35.0. The number of halogens is 2. The van der Waals surface area contributed by atoms with Crippen molar-refractivity contribution < 1.29 is 33.3 Å². The zero-order valence-corrected chi connectivity index (χ0v) is 29.9. The number of ether oxygens (including phenoxy) is 4. The summed E-state index contributed by atoms with van der Waals surface area (Å²) in [6.07, 6.45) is 1.42. The molecule has 1 aliphatic heterocycles. The van der Waals surface area contributed by atoms with Gasteiger partial charge in [-0.3, -0.25) is 14.9 Å². The standard InChI is InChI=1S/C39H30Br2N2O7/c1-47-35-21-27(12-17-34(35)49-23-26-10-6-3-7-11-26)24-50-36-32(40)19-28(20-33(36)41)18-31-37(44)42-39(46)43(38(31)45)29-13-15-30(16-14-29)48-22-25-8-4-2-5-9-25/h2-21H,22-24H2,1H3,(H,42,44,46)/b31-18-. The summed E-state index contributed by atoms with van der Waals surface area (Å²) in [6, 6.07) is 34.2. The maximum atomic E-state index is 13.5. The molecule has 4 amide bonds. The minimum Gasteiger partial charge on any atom is -0.493 e. The number of hydrogen-bond acceptors (Lipinski definition) is 7. The van der Waals surface area contributed by atoms with Crippen molar-refractivity contribution in [3.63, 3.8) is 0 Å². The number of methoxy groups -OCH3 is 1. The van der Waals surface area contributed by atoms with Crippen LogP contribution in [0.4, 0.5) is 10.5 Å². The van der Waals surface area contributed by atoms with Gasteiger partial charge in [0.25, 0.3) is 11.8 Å². The fourth-order valence-corrected chi connectivity index (χ4v) is 6.55. The van der Waals surface area contributed by atoms with Gasteiger partial charge in [-0.2, -0.15) is 0 Å². The molecule has 0 aromatic heterocycles. The molecule has 5 aromatic carbocycles. The van der Waals surface area contributed by atoms with E-state index < -0.39 is 17.8 Å². The van der Waals surface area contributed by atoms with Crippen molar-refractivity contribution >= 4 is 61.5 Å². The highest BCUT2D eigenvalue weighted by Crippen LogP contribution is 2.37. The maximum Gasteiger partial charge on any atom is 0.335 e. The summed E-state index contributed by atoms with van der Waals surface area (Å²) >= 11 is 7.10. The fourth-order valence-electron chi connectivity index (χ4n) is 5.10. The van der Waals surface area contributed by atoms with Crippen molar-refractivity contribution in [2.45, 2.75) is 19.8 Å². The second-order valence-corrected chi connectivity index (χ2v) is 12.8. The van der Waals surface area contributed by atoms with Crippen LogP contribution < -0.4 is 29.2 Å². The van der Waals surface area contributed by atoms with Crippen molar-refractivity contribution in [2.24, 2.45) is 0 Å². The van der Waals surface area contributed by atoms with E-state index in [9.17, 15) is 14.4 Å². The third-order valence-corrected chi connectivity index (χ3v) is 8.80. The van der Waals surface area contributed by atoms with Gasteiger partial charge in [-0.25, -0.2) is 9.69 Å². The molecule has 1 fully saturated rings. The molecule has 0 radical (unpaired) electrons. The van der Waals surface area contributed by atoms with Gasteiger partial charge in [0.2, 0.25) is 0 Å². The molecule has 6 rings (SSSR count). The molecule has 0 spiro atoms. The lowest BCUT2D eigenvalue weighted by Crippen LogP contribution is -2.54. The predicted molar refractivity (Wildman–Crippen MR) is 196 cm³/mol. The smallest absolute Gasteiger partial charge is 0.335 e. The van der Waals surface area contributed by atoms with Crippen LogP contribution in [0.1, 0.15) is 22.3 Å². The molecular weight excluding hydrogens is 768 g/mol. The van der Waals surface area contributed by atoms with Crippen molar-refractivity contribution in [3.8, 4) is 23.0 Å². The summed E-state index contributed by atoms with van der Waals surface area (Å²) in [6.45, 7) is 1.00. The summed E-state index contributed by atoms with van der Waals surface area (Å²) in [4.78, 5) is 40.0. The number of rotatable bonds is 12. The molecule has 0 atom stereocenters. The van der Waals surface area contributed by atoms with Crippen LogP contribution in [0.25, 0.3) is 6.08 Å². The average Bonchev–Trinajstić information content (AvgIpc) is 3.12. The second kappa shape index (κ2) is 15.9. The summed E-state index contributed by atoms with van der Waals surface area (Å²) < 4.78 is 24.6. The number of hydrogen-bond donors (Lipinski definition) is 1. The van der Waals surface area contributed by atoms with Crippen molar-refractivity contribution in [1.29, 1.82) is 0 Å². The largest absolute Gasteiger partial charge is 0.493 e. The molecule has 5 aromatic rings. The van der Waals surface area contributed by atoms with Crippen LogP contribution in [-0.4, -0.2) is 25.0 Å². The minimum atomic E-state index is -0.839. The normalized spacial score (nSPS) is 13.6. The molecule has 1 heterocycles. The van der Waals surface area contributed by atoms with E-state index in [4.69, 9.17) is 18.9 Å². The molecule has 11 heteroatoms. The summed E-state index contributed by atoms with van der Waals surface area (Å²) in [5, 5.41) is 2.26. The van der Waals surface area contributed by atoms with Crippen molar-refractivity contribution in [3.05, 3.63) is 152 Å².